The molecule has 0 bridgehead atoms. The van der Waals surface area contributed by atoms with Crippen molar-refractivity contribution in [2.45, 2.75) is 19.5 Å². The lowest BCUT2D eigenvalue weighted by molar-refractivity contribution is 0.222. The van der Waals surface area contributed by atoms with Gasteiger partial charge in [-0.05, 0) is 42.3 Å². The van der Waals surface area contributed by atoms with Gasteiger partial charge in [0.1, 0.15) is 11.6 Å². The molecule has 0 radical (unpaired) electrons. The van der Waals surface area contributed by atoms with Crippen molar-refractivity contribution in [1.29, 1.82) is 0 Å². The van der Waals surface area contributed by atoms with Crippen LogP contribution in [-0.4, -0.2) is 49.3 Å². The number of nitrogens with zero attached hydrogens (tertiary/aromatic N) is 3. The summed E-state index contributed by atoms with van der Waals surface area (Å²) < 4.78 is 32.8. The molecule has 1 aromatic heterocycles. The fraction of sp³-hybridized carbons (Fsp3) is 0.350. The van der Waals surface area contributed by atoms with Gasteiger partial charge < -0.3 is 9.30 Å². The van der Waals surface area contributed by atoms with Gasteiger partial charge in [0.25, 0.3) is 0 Å². The average molecular weight is 401 g/mol. The van der Waals surface area contributed by atoms with Crippen LogP contribution in [0.5, 0.6) is 5.75 Å². The molecule has 1 aliphatic heterocycles. The predicted molar refractivity (Wildman–Crippen MR) is 110 cm³/mol. The topological polar surface area (TPSA) is 76.5 Å². The molecular formula is C20H24N4O3S. The molecule has 0 fully saturated rings. The standard InChI is InChI=1S/C20H24N4O3S/c1-27-17-6-3-15(4-7-17)9-10-23-11-12-24-19-8-5-16(22-28(2,25)26)13-18(19)21-20(24)14-23/h3-8,13,22H,9-12,14H2,1-2H3. The van der Waals surface area contributed by atoms with Gasteiger partial charge in [0.05, 0.1) is 36.6 Å². The highest BCUT2D eigenvalue weighted by molar-refractivity contribution is 7.92. The lowest BCUT2D eigenvalue weighted by atomic mass is 10.1. The van der Waals surface area contributed by atoms with Gasteiger partial charge in [-0.2, -0.15) is 0 Å². The van der Waals surface area contributed by atoms with Crippen LogP contribution in [0.25, 0.3) is 11.0 Å². The Labute approximate surface area is 165 Å². The third-order valence-electron chi connectivity index (χ3n) is 5.01. The van der Waals surface area contributed by atoms with Gasteiger partial charge in [-0.25, -0.2) is 13.4 Å². The third-order valence-corrected chi connectivity index (χ3v) is 5.62. The Kier molecular flexibility index (Phi) is 4.99. The number of imidazole rings is 1. The first-order valence-corrected chi connectivity index (χ1v) is 11.1. The Morgan fingerprint density at radius 2 is 1.93 bits per heavy atom. The highest BCUT2D eigenvalue weighted by atomic mass is 32.2. The maximum absolute atomic E-state index is 11.4. The lowest BCUT2D eigenvalue weighted by Gasteiger charge is -2.27. The molecule has 0 amide bonds. The second-order valence-electron chi connectivity index (χ2n) is 7.13. The number of hydrogen-bond donors (Lipinski definition) is 1. The van der Waals surface area contributed by atoms with Gasteiger partial charge >= 0.3 is 0 Å². The van der Waals surface area contributed by atoms with Crippen LogP contribution >= 0.6 is 0 Å². The number of ether oxygens (including phenoxy) is 1. The summed E-state index contributed by atoms with van der Waals surface area (Å²) in [4.78, 5) is 7.15. The molecule has 0 atom stereocenters. The van der Waals surface area contributed by atoms with Crippen LogP contribution in [-0.2, 0) is 29.5 Å². The molecule has 0 spiro atoms. The van der Waals surface area contributed by atoms with E-state index in [0.717, 1.165) is 61.5 Å². The summed E-state index contributed by atoms with van der Waals surface area (Å²) in [6.45, 7) is 3.61. The molecule has 2 heterocycles. The van der Waals surface area contributed by atoms with E-state index < -0.39 is 10.0 Å². The van der Waals surface area contributed by atoms with Crippen LogP contribution in [0.15, 0.2) is 42.5 Å². The summed E-state index contributed by atoms with van der Waals surface area (Å²) in [6.07, 6.45) is 2.13. The molecule has 1 N–H and O–H groups in total. The Bertz CT molecular complexity index is 1090. The second-order valence-corrected chi connectivity index (χ2v) is 8.88. The maximum atomic E-state index is 11.4. The number of benzene rings is 2. The van der Waals surface area contributed by atoms with E-state index in [1.165, 1.54) is 5.56 Å². The first kappa shape index (κ1) is 18.8. The summed E-state index contributed by atoms with van der Waals surface area (Å²) in [5, 5.41) is 0. The number of anilines is 1. The molecule has 28 heavy (non-hydrogen) atoms. The van der Waals surface area contributed by atoms with Gasteiger partial charge in [0.2, 0.25) is 10.0 Å². The highest BCUT2D eigenvalue weighted by Gasteiger charge is 2.20. The minimum absolute atomic E-state index is 0.543. The number of aromatic nitrogens is 2. The van der Waals surface area contributed by atoms with E-state index in [9.17, 15) is 8.42 Å². The molecule has 148 valence electrons. The molecule has 8 heteroatoms. The first-order chi connectivity index (χ1) is 13.4. The first-order valence-electron chi connectivity index (χ1n) is 9.23. The largest absolute Gasteiger partial charge is 0.497 e. The van der Waals surface area contributed by atoms with Crippen LogP contribution in [0.4, 0.5) is 5.69 Å². The SMILES string of the molecule is COc1ccc(CCN2CCn3c(nc4cc(NS(C)(=O)=O)ccc43)C2)cc1. The normalized spacial score (nSPS) is 14.8. The summed E-state index contributed by atoms with van der Waals surface area (Å²) >= 11 is 0. The van der Waals surface area contributed by atoms with E-state index in [-0.39, 0.29) is 0 Å². The number of methoxy groups -OCH3 is 1. The monoisotopic (exact) mass is 400 g/mol. The third kappa shape index (κ3) is 4.13. The van der Waals surface area contributed by atoms with Crippen molar-refractivity contribution in [3.05, 3.63) is 53.9 Å². The minimum Gasteiger partial charge on any atom is -0.497 e. The molecule has 0 aliphatic carbocycles. The number of hydrogen-bond acceptors (Lipinski definition) is 5. The van der Waals surface area contributed by atoms with Crippen molar-refractivity contribution in [2.75, 3.05) is 31.2 Å². The van der Waals surface area contributed by atoms with E-state index in [1.54, 1.807) is 19.2 Å². The van der Waals surface area contributed by atoms with E-state index in [4.69, 9.17) is 9.72 Å². The van der Waals surface area contributed by atoms with Crippen molar-refractivity contribution >= 4 is 26.7 Å². The summed E-state index contributed by atoms with van der Waals surface area (Å²) in [5.74, 6) is 1.90. The van der Waals surface area contributed by atoms with Crippen LogP contribution in [0.2, 0.25) is 0 Å². The Morgan fingerprint density at radius 3 is 2.64 bits per heavy atom. The number of sulfonamides is 1. The Hall–Kier alpha value is -2.58. The highest BCUT2D eigenvalue weighted by Crippen LogP contribution is 2.24. The Morgan fingerprint density at radius 1 is 1.14 bits per heavy atom. The van der Waals surface area contributed by atoms with E-state index in [0.29, 0.717) is 5.69 Å². The quantitative estimate of drug-likeness (QED) is 0.688. The molecular weight excluding hydrogens is 376 g/mol. The predicted octanol–water partition coefficient (Wildman–Crippen LogP) is 2.47. The molecule has 7 nitrogen and oxygen atoms in total. The van der Waals surface area contributed by atoms with Gasteiger partial charge in [-0.15, -0.1) is 0 Å². The van der Waals surface area contributed by atoms with Crippen LogP contribution in [0.1, 0.15) is 11.4 Å². The summed E-state index contributed by atoms with van der Waals surface area (Å²) in [5.41, 5.74) is 3.70. The van der Waals surface area contributed by atoms with Crippen molar-refractivity contribution in [3.63, 3.8) is 0 Å². The second kappa shape index (κ2) is 7.44. The number of nitrogens with one attached hydrogen (secondary N) is 1. The van der Waals surface area contributed by atoms with Crippen molar-refractivity contribution < 1.29 is 13.2 Å². The molecule has 3 aromatic rings. The van der Waals surface area contributed by atoms with Crippen LogP contribution in [0.3, 0.4) is 0 Å². The van der Waals surface area contributed by atoms with Crippen molar-refractivity contribution in [1.82, 2.24) is 14.5 Å². The molecule has 1 aliphatic rings. The van der Waals surface area contributed by atoms with E-state index in [2.05, 4.69) is 26.3 Å². The zero-order chi connectivity index (χ0) is 19.7. The maximum Gasteiger partial charge on any atom is 0.229 e. The van der Waals surface area contributed by atoms with Crippen LogP contribution < -0.4 is 9.46 Å². The van der Waals surface area contributed by atoms with E-state index in [1.807, 2.05) is 18.2 Å². The molecule has 0 saturated heterocycles. The van der Waals surface area contributed by atoms with Gasteiger partial charge in [-0.3, -0.25) is 9.62 Å². The zero-order valence-electron chi connectivity index (χ0n) is 16.1. The van der Waals surface area contributed by atoms with Gasteiger partial charge in [0, 0.05) is 19.6 Å². The van der Waals surface area contributed by atoms with Gasteiger partial charge in [-0.1, -0.05) is 12.1 Å². The molecule has 0 unspecified atom stereocenters. The fourth-order valence-corrected chi connectivity index (χ4v) is 4.17. The van der Waals surface area contributed by atoms with Gasteiger partial charge in [0.15, 0.2) is 0 Å². The van der Waals surface area contributed by atoms with Crippen molar-refractivity contribution in [2.24, 2.45) is 0 Å². The summed E-state index contributed by atoms with van der Waals surface area (Å²) in [7, 11) is -1.62. The van der Waals surface area contributed by atoms with Crippen LogP contribution in [0, 0.1) is 0 Å². The molecule has 0 saturated carbocycles. The molecule has 4 rings (SSSR count). The number of fused-ring (bicyclic) bond motifs is 3. The fourth-order valence-electron chi connectivity index (χ4n) is 3.62. The lowest BCUT2D eigenvalue weighted by Crippen LogP contribution is -2.35. The molecule has 2 aromatic carbocycles. The number of rotatable bonds is 6. The smallest absolute Gasteiger partial charge is 0.229 e. The average Bonchev–Trinajstić information content (AvgIpc) is 3.02. The summed E-state index contributed by atoms with van der Waals surface area (Å²) in [6, 6.07) is 13.7. The van der Waals surface area contributed by atoms with Crippen molar-refractivity contribution in [3.8, 4) is 5.75 Å². The Balaban J connectivity index is 1.46. The zero-order valence-corrected chi connectivity index (χ0v) is 16.9. The van der Waals surface area contributed by atoms with E-state index >= 15 is 0 Å². The minimum atomic E-state index is -3.30.